The molecular weight excluding hydrogens is 268 g/mol. The van der Waals surface area contributed by atoms with Crippen LogP contribution in [0, 0.1) is 5.92 Å². The zero-order valence-corrected chi connectivity index (χ0v) is 11.3. The van der Waals surface area contributed by atoms with E-state index in [1.165, 1.54) is 11.0 Å². The third kappa shape index (κ3) is 3.29. The molecule has 0 N–H and O–H groups in total. The maximum Gasteiger partial charge on any atom is 0.339 e. The quantitative estimate of drug-likeness (QED) is 0.803. The minimum Gasteiger partial charge on any atom is -0.462 e. The Morgan fingerprint density at radius 2 is 2.26 bits per heavy atom. The van der Waals surface area contributed by atoms with E-state index in [-0.39, 0.29) is 5.92 Å². The Labute approximate surface area is 115 Å². The molecule has 0 saturated heterocycles. The van der Waals surface area contributed by atoms with Crippen molar-refractivity contribution in [2.45, 2.75) is 13.8 Å². The number of carbonyl (C=O) groups excluding carboxylic acids is 1. The minimum atomic E-state index is -0.429. The summed E-state index contributed by atoms with van der Waals surface area (Å²) in [5.74, 6) is -0.148. The summed E-state index contributed by atoms with van der Waals surface area (Å²) < 4.78 is 6.58. The normalized spacial score (nSPS) is 10.7. The molecule has 100 valence electrons. The number of hydrogen-bond acceptors (Lipinski definition) is 5. The molecule has 1 aromatic carbocycles. The number of benzene rings is 1. The molecular formula is C12H13ClN4O2. The monoisotopic (exact) mass is 280 g/mol. The summed E-state index contributed by atoms with van der Waals surface area (Å²) in [7, 11) is 0. The average Bonchev–Trinajstić information content (AvgIpc) is 2.89. The highest BCUT2D eigenvalue weighted by atomic mass is 35.5. The number of esters is 1. The first-order valence-corrected chi connectivity index (χ1v) is 6.15. The molecule has 2 rings (SSSR count). The molecule has 0 aliphatic heterocycles. The fourth-order valence-corrected chi connectivity index (χ4v) is 1.66. The lowest BCUT2D eigenvalue weighted by Gasteiger charge is -2.09. The highest BCUT2D eigenvalue weighted by molar-refractivity contribution is 6.33. The van der Waals surface area contributed by atoms with Gasteiger partial charge in [-0.15, -0.1) is 5.10 Å². The van der Waals surface area contributed by atoms with Crippen molar-refractivity contribution in [1.29, 1.82) is 0 Å². The van der Waals surface area contributed by atoms with Crippen molar-refractivity contribution >= 4 is 17.6 Å². The number of halogens is 1. The first kappa shape index (κ1) is 13.5. The van der Waals surface area contributed by atoms with Crippen molar-refractivity contribution in [3.63, 3.8) is 0 Å². The molecule has 0 unspecified atom stereocenters. The second kappa shape index (κ2) is 5.79. The zero-order chi connectivity index (χ0) is 13.8. The Morgan fingerprint density at radius 1 is 1.47 bits per heavy atom. The van der Waals surface area contributed by atoms with Crippen LogP contribution in [-0.2, 0) is 4.74 Å². The molecule has 0 aliphatic rings. The predicted octanol–water partition coefficient (Wildman–Crippen LogP) is 2.13. The van der Waals surface area contributed by atoms with Crippen LogP contribution >= 0.6 is 11.6 Å². The molecule has 0 spiro atoms. The van der Waals surface area contributed by atoms with E-state index >= 15 is 0 Å². The number of rotatable bonds is 4. The van der Waals surface area contributed by atoms with Gasteiger partial charge in [0, 0.05) is 0 Å². The Hall–Kier alpha value is -1.95. The maximum absolute atomic E-state index is 11.8. The molecule has 0 amide bonds. The van der Waals surface area contributed by atoms with Crippen LogP contribution in [0.4, 0.5) is 0 Å². The maximum atomic E-state index is 11.8. The molecule has 0 aliphatic carbocycles. The highest BCUT2D eigenvalue weighted by Crippen LogP contribution is 2.20. The minimum absolute atomic E-state index is 0.281. The van der Waals surface area contributed by atoms with Crippen LogP contribution in [0.15, 0.2) is 24.5 Å². The Kier molecular flexibility index (Phi) is 4.11. The zero-order valence-electron chi connectivity index (χ0n) is 10.6. The van der Waals surface area contributed by atoms with Gasteiger partial charge in [-0.2, -0.15) is 0 Å². The summed E-state index contributed by atoms with van der Waals surface area (Å²) in [5.41, 5.74) is 1.01. The molecule has 1 aromatic heterocycles. The number of nitrogens with zero attached hydrogens (tertiary/aromatic N) is 4. The van der Waals surface area contributed by atoms with Gasteiger partial charge < -0.3 is 4.74 Å². The fourth-order valence-electron chi connectivity index (χ4n) is 1.41. The van der Waals surface area contributed by atoms with Crippen LogP contribution in [0.3, 0.4) is 0 Å². The summed E-state index contributed by atoms with van der Waals surface area (Å²) in [6, 6.07) is 4.92. The van der Waals surface area contributed by atoms with Gasteiger partial charge in [0.1, 0.15) is 6.33 Å². The largest absolute Gasteiger partial charge is 0.462 e. The molecule has 2 aromatic rings. The lowest BCUT2D eigenvalue weighted by atomic mass is 10.2. The van der Waals surface area contributed by atoms with Gasteiger partial charge >= 0.3 is 5.97 Å². The van der Waals surface area contributed by atoms with Gasteiger partial charge in [0.2, 0.25) is 0 Å². The average molecular weight is 281 g/mol. The topological polar surface area (TPSA) is 69.9 Å². The lowest BCUT2D eigenvalue weighted by Crippen LogP contribution is -2.11. The van der Waals surface area contributed by atoms with Crippen LogP contribution in [0.5, 0.6) is 0 Å². The van der Waals surface area contributed by atoms with E-state index in [4.69, 9.17) is 16.3 Å². The fraction of sp³-hybridized carbons (Fsp3) is 0.333. The highest BCUT2D eigenvalue weighted by Gasteiger charge is 2.13. The van der Waals surface area contributed by atoms with E-state index in [0.29, 0.717) is 22.9 Å². The first-order chi connectivity index (χ1) is 9.08. The molecule has 0 saturated carbocycles. The third-order valence-electron chi connectivity index (χ3n) is 2.33. The molecule has 19 heavy (non-hydrogen) atoms. The Bertz CT molecular complexity index is 569. The molecule has 0 atom stereocenters. The number of tetrazole rings is 1. The number of carbonyl (C=O) groups is 1. The van der Waals surface area contributed by atoms with E-state index in [0.717, 1.165) is 0 Å². The van der Waals surface area contributed by atoms with Crippen molar-refractivity contribution in [2.75, 3.05) is 6.61 Å². The van der Waals surface area contributed by atoms with Gasteiger partial charge in [0.25, 0.3) is 0 Å². The van der Waals surface area contributed by atoms with E-state index in [1.54, 1.807) is 18.2 Å². The second-order valence-electron chi connectivity index (χ2n) is 4.41. The Morgan fingerprint density at radius 3 is 2.84 bits per heavy atom. The SMILES string of the molecule is CC(C)COC(=O)c1ccc(-n2cnnn2)cc1Cl. The van der Waals surface area contributed by atoms with E-state index < -0.39 is 5.97 Å². The number of hydrogen-bond donors (Lipinski definition) is 0. The molecule has 6 nitrogen and oxygen atoms in total. The van der Waals surface area contributed by atoms with Crippen molar-refractivity contribution in [3.05, 3.63) is 35.1 Å². The van der Waals surface area contributed by atoms with E-state index in [2.05, 4.69) is 15.5 Å². The standard InChI is InChI=1S/C12H13ClN4O2/c1-8(2)6-19-12(18)10-4-3-9(5-11(10)13)17-7-14-15-16-17/h3-5,7-8H,6H2,1-2H3. The lowest BCUT2D eigenvalue weighted by molar-refractivity contribution is 0.0459. The summed E-state index contributed by atoms with van der Waals surface area (Å²) in [6.07, 6.45) is 1.45. The first-order valence-electron chi connectivity index (χ1n) is 5.78. The van der Waals surface area contributed by atoms with Gasteiger partial charge in [0.05, 0.1) is 22.9 Å². The molecule has 1 heterocycles. The van der Waals surface area contributed by atoms with Crippen LogP contribution in [-0.4, -0.2) is 32.8 Å². The molecule has 0 radical (unpaired) electrons. The van der Waals surface area contributed by atoms with Gasteiger partial charge in [-0.25, -0.2) is 9.48 Å². The summed E-state index contributed by atoms with van der Waals surface area (Å²) >= 11 is 6.07. The van der Waals surface area contributed by atoms with Gasteiger partial charge in [-0.3, -0.25) is 0 Å². The number of ether oxygens (including phenoxy) is 1. The molecule has 7 heteroatoms. The van der Waals surface area contributed by atoms with Crippen molar-refractivity contribution in [1.82, 2.24) is 20.2 Å². The molecule has 0 fully saturated rings. The van der Waals surface area contributed by atoms with Gasteiger partial charge in [0.15, 0.2) is 0 Å². The van der Waals surface area contributed by atoms with Gasteiger partial charge in [-0.1, -0.05) is 25.4 Å². The summed E-state index contributed by atoms with van der Waals surface area (Å²) in [5, 5.41) is 11.1. The van der Waals surface area contributed by atoms with E-state index in [1.807, 2.05) is 13.8 Å². The van der Waals surface area contributed by atoms with Gasteiger partial charge in [-0.05, 0) is 34.5 Å². The summed E-state index contributed by atoms with van der Waals surface area (Å²) in [6.45, 7) is 4.30. The number of aromatic nitrogens is 4. The van der Waals surface area contributed by atoms with Crippen molar-refractivity contribution in [2.24, 2.45) is 5.92 Å². The smallest absolute Gasteiger partial charge is 0.339 e. The van der Waals surface area contributed by atoms with Crippen LogP contribution in [0.1, 0.15) is 24.2 Å². The van der Waals surface area contributed by atoms with E-state index in [9.17, 15) is 4.79 Å². The van der Waals surface area contributed by atoms with Crippen molar-refractivity contribution < 1.29 is 9.53 Å². The Balaban J connectivity index is 2.18. The van der Waals surface area contributed by atoms with Crippen LogP contribution < -0.4 is 0 Å². The summed E-state index contributed by atoms with van der Waals surface area (Å²) in [4.78, 5) is 11.8. The van der Waals surface area contributed by atoms with Crippen LogP contribution in [0.25, 0.3) is 5.69 Å². The van der Waals surface area contributed by atoms with Crippen LogP contribution in [0.2, 0.25) is 5.02 Å². The predicted molar refractivity (Wildman–Crippen MR) is 69.3 cm³/mol. The second-order valence-corrected chi connectivity index (χ2v) is 4.82. The third-order valence-corrected chi connectivity index (χ3v) is 2.65. The molecule has 0 bridgehead atoms. The van der Waals surface area contributed by atoms with Crippen molar-refractivity contribution in [3.8, 4) is 5.69 Å².